The molecule has 0 aliphatic heterocycles. The van der Waals surface area contributed by atoms with Crippen molar-refractivity contribution in [3.05, 3.63) is 34.3 Å². The summed E-state index contributed by atoms with van der Waals surface area (Å²) in [4.78, 5) is 11.7. The van der Waals surface area contributed by atoms with Crippen LogP contribution in [0.15, 0.2) is 21.8 Å². The van der Waals surface area contributed by atoms with Gasteiger partial charge in [-0.25, -0.2) is 4.79 Å². The molecule has 0 aliphatic carbocycles. The summed E-state index contributed by atoms with van der Waals surface area (Å²) >= 11 is 5.83. The van der Waals surface area contributed by atoms with E-state index in [1.54, 1.807) is 13.8 Å². The first-order valence-electron chi connectivity index (χ1n) is 5.51. The van der Waals surface area contributed by atoms with E-state index >= 15 is 0 Å². The van der Waals surface area contributed by atoms with Crippen molar-refractivity contribution in [1.82, 2.24) is 10.5 Å². The first kappa shape index (κ1) is 15.8. The number of hydrogen-bond donors (Lipinski definition) is 3. The third-order valence-corrected chi connectivity index (χ3v) is 2.85. The third kappa shape index (κ3) is 3.18. The van der Waals surface area contributed by atoms with Gasteiger partial charge in [0.2, 0.25) is 0 Å². The highest BCUT2D eigenvalue weighted by atomic mass is 35.5. The molecule has 20 heavy (non-hydrogen) atoms. The maximum Gasteiger partial charge on any atom is 0.356 e. The van der Waals surface area contributed by atoms with Gasteiger partial charge in [0.15, 0.2) is 0 Å². The summed E-state index contributed by atoms with van der Waals surface area (Å²) in [5.41, 5.74) is 6.64. The Balaban J connectivity index is 3.16. The molecule has 0 aromatic carbocycles. The summed E-state index contributed by atoms with van der Waals surface area (Å²) < 4.78 is 9.60. The molecule has 0 amide bonds. The number of methoxy groups -OCH3 is 1. The quantitative estimate of drug-likeness (QED) is 0.328. The van der Waals surface area contributed by atoms with E-state index in [1.807, 2.05) is 0 Å². The second kappa shape index (κ2) is 6.25. The Kier molecular flexibility index (Phi) is 4.93. The zero-order valence-electron chi connectivity index (χ0n) is 11.3. The fraction of sp³-hybridized carbons (Fsp3) is 0.250. The van der Waals surface area contributed by atoms with Gasteiger partial charge in [0.1, 0.15) is 22.3 Å². The Morgan fingerprint density at radius 3 is 2.55 bits per heavy atom. The molecule has 8 heteroatoms. The zero-order valence-corrected chi connectivity index (χ0v) is 12.1. The van der Waals surface area contributed by atoms with Crippen LogP contribution in [0.3, 0.4) is 0 Å². The minimum absolute atomic E-state index is 0.174. The first-order chi connectivity index (χ1) is 9.29. The predicted octanol–water partition coefficient (Wildman–Crippen LogP) is 1.41. The Bertz CT molecular complexity index is 584. The van der Waals surface area contributed by atoms with Crippen LogP contribution in [0.4, 0.5) is 0 Å². The molecule has 0 atom stereocenters. The van der Waals surface area contributed by atoms with Gasteiger partial charge in [0.25, 0.3) is 0 Å². The lowest BCUT2D eigenvalue weighted by Crippen LogP contribution is -2.25. The summed E-state index contributed by atoms with van der Waals surface area (Å²) in [7, 11) is 1.19. The summed E-state index contributed by atoms with van der Waals surface area (Å²) in [6, 6.07) is 0. The van der Waals surface area contributed by atoms with E-state index < -0.39 is 11.8 Å². The van der Waals surface area contributed by atoms with Crippen LogP contribution in [0, 0.1) is 19.3 Å². The van der Waals surface area contributed by atoms with Crippen molar-refractivity contribution in [2.24, 2.45) is 5.73 Å². The summed E-state index contributed by atoms with van der Waals surface area (Å²) in [5, 5.41) is 13.5. The van der Waals surface area contributed by atoms with Crippen LogP contribution in [0.2, 0.25) is 0 Å². The molecule has 0 saturated carbocycles. The van der Waals surface area contributed by atoms with Crippen molar-refractivity contribution >= 4 is 29.1 Å². The maximum atomic E-state index is 11.7. The van der Waals surface area contributed by atoms with Crippen LogP contribution in [0.5, 0.6) is 0 Å². The molecule has 0 bridgehead atoms. The molecule has 0 fully saturated rings. The fourth-order valence-corrected chi connectivity index (χ4v) is 1.68. The third-order valence-electron chi connectivity index (χ3n) is 2.46. The van der Waals surface area contributed by atoms with Gasteiger partial charge >= 0.3 is 5.97 Å². The Morgan fingerprint density at radius 1 is 1.55 bits per heavy atom. The molecule has 0 radical (unpaired) electrons. The zero-order chi connectivity index (χ0) is 15.4. The molecule has 0 saturated heterocycles. The second-order valence-electron chi connectivity index (χ2n) is 3.90. The van der Waals surface area contributed by atoms with Crippen LogP contribution in [0.25, 0.3) is 5.70 Å². The second-order valence-corrected chi connectivity index (χ2v) is 4.27. The monoisotopic (exact) mass is 298 g/mol. The smallest absolute Gasteiger partial charge is 0.356 e. The van der Waals surface area contributed by atoms with Gasteiger partial charge in [-0.2, -0.15) is 0 Å². The standard InChI is InChI=1S/C12H15ClN4O3/c1-5(8-6(2)17-20-7(8)3)16-10(12(18)19-4)9(13)11(14)15/h16H,1H2,2-4H3,(H3,14,15). The van der Waals surface area contributed by atoms with Crippen molar-refractivity contribution in [2.75, 3.05) is 7.11 Å². The molecule has 108 valence electrons. The topological polar surface area (TPSA) is 114 Å². The molecular weight excluding hydrogens is 284 g/mol. The number of rotatable bonds is 5. The number of esters is 1. The highest BCUT2D eigenvalue weighted by Gasteiger charge is 2.20. The molecule has 1 rings (SSSR count). The van der Waals surface area contributed by atoms with E-state index in [0.29, 0.717) is 22.7 Å². The highest BCUT2D eigenvalue weighted by Crippen LogP contribution is 2.21. The Morgan fingerprint density at radius 2 is 2.15 bits per heavy atom. The van der Waals surface area contributed by atoms with Crippen molar-refractivity contribution in [1.29, 1.82) is 5.41 Å². The lowest BCUT2D eigenvalue weighted by molar-refractivity contribution is -0.136. The summed E-state index contributed by atoms with van der Waals surface area (Å²) in [5.74, 6) is -0.701. The number of halogens is 1. The number of amidine groups is 1. The SMILES string of the molecule is C=C(NC(C(=O)OC)=C(Cl)C(=N)N)c1c(C)noc1C. The number of nitrogens with zero attached hydrogens (tertiary/aromatic N) is 1. The van der Waals surface area contributed by atoms with Gasteiger partial charge in [-0.3, -0.25) is 5.41 Å². The van der Waals surface area contributed by atoms with Gasteiger partial charge in [0, 0.05) is 5.70 Å². The van der Waals surface area contributed by atoms with Gasteiger partial charge in [-0.05, 0) is 13.8 Å². The van der Waals surface area contributed by atoms with Gasteiger partial charge in [0.05, 0.1) is 18.4 Å². The Hall–Kier alpha value is -2.28. The number of ether oxygens (including phenoxy) is 1. The largest absolute Gasteiger partial charge is 0.464 e. The van der Waals surface area contributed by atoms with E-state index in [4.69, 9.17) is 27.3 Å². The highest BCUT2D eigenvalue weighted by molar-refractivity contribution is 6.44. The summed E-state index contributed by atoms with van der Waals surface area (Å²) in [6.07, 6.45) is 0. The minimum atomic E-state index is -0.766. The van der Waals surface area contributed by atoms with Crippen molar-refractivity contribution in [3.8, 4) is 0 Å². The van der Waals surface area contributed by atoms with Crippen molar-refractivity contribution < 1.29 is 14.1 Å². The normalized spacial score (nSPS) is 11.6. The van der Waals surface area contributed by atoms with Crippen LogP contribution < -0.4 is 11.1 Å². The predicted molar refractivity (Wildman–Crippen MR) is 75.0 cm³/mol. The lowest BCUT2D eigenvalue weighted by atomic mass is 10.1. The van der Waals surface area contributed by atoms with Crippen LogP contribution in [-0.2, 0) is 9.53 Å². The van der Waals surface area contributed by atoms with E-state index in [1.165, 1.54) is 7.11 Å². The molecule has 1 aromatic rings. The van der Waals surface area contributed by atoms with Crippen LogP contribution >= 0.6 is 11.6 Å². The average Bonchev–Trinajstić information content (AvgIpc) is 2.73. The molecule has 4 N–H and O–H groups in total. The van der Waals surface area contributed by atoms with E-state index in [-0.39, 0.29) is 10.7 Å². The molecule has 7 nitrogen and oxygen atoms in total. The number of nitrogens with two attached hydrogens (primary N) is 1. The molecule has 1 aromatic heterocycles. The van der Waals surface area contributed by atoms with E-state index in [2.05, 4.69) is 21.8 Å². The van der Waals surface area contributed by atoms with Gasteiger partial charge in [-0.1, -0.05) is 23.3 Å². The van der Waals surface area contributed by atoms with Gasteiger partial charge < -0.3 is 20.3 Å². The Labute approximate surface area is 120 Å². The number of aryl methyl sites for hydroxylation is 2. The molecular formula is C12H15ClN4O3. The first-order valence-corrected chi connectivity index (χ1v) is 5.89. The molecule has 0 unspecified atom stereocenters. The molecule has 0 spiro atoms. The number of aromatic nitrogens is 1. The average molecular weight is 299 g/mol. The van der Waals surface area contributed by atoms with Crippen LogP contribution in [0.1, 0.15) is 17.0 Å². The number of nitrogens with one attached hydrogen (secondary N) is 2. The number of carbonyl (C=O) groups is 1. The summed E-state index contributed by atoms with van der Waals surface area (Å²) in [6.45, 7) is 7.23. The minimum Gasteiger partial charge on any atom is -0.464 e. The fourth-order valence-electron chi connectivity index (χ4n) is 1.56. The van der Waals surface area contributed by atoms with E-state index in [9.17, 15) is 4.79 Å². The number of carbonyl (C=O) groups excluding carboxylic acids is 1. The molecule has 0 aliphatic rings. The maximum absolute atomic E-state index is 11.7. The van der Waals surface area contributed by atoms with Crippen molar-refractivity contribution in [2.45, 2.75) is 13.8 Å². The number of hydrogen-bond acceptors (Lipinski definition) is 6. The van der Waals surface area contributed by atoms with Gasteiger partial charge in [-0.15, -0.1) is 0 Å². The van der Waals surface area contributed by atoms with Crippen molar-refractivity contribution in [3.63, 3.8) is 0 Å². The lowest BCUT2D eigenvalue weighted by Gasteiger charge is -2.13. The molecule has 1 heterocycles. The van der Waals surface area contributed by atoms with E-state index in [0.717, 1.165) is 0 Å². The van der Waals surface area contributed by atoms with Crippen LogP contribution in [-0.4, -0.2) is 24.1 Å².